The number of nitrogens with zero attached hydrogens (tertiary/aromatic N) is 9. The minimum atomic E-state index is 0.662. The van der Waals surface area contributed by atoms with E-state index in [2.05, 4.69) is 384 Å². The van der Waals surface area contributed by atoms with Gasteiger partial charge in [0.2, 0.25) is 0 Å². The number of aromatic nitrogens is 9. The zero-order valence-electron chi connectivity index (χ0n) is 74.2. The molecule has 0 bridgehead atoms. The quantitative estimate of drug-likeness (QED) is 0.124. The zero-order valence-corrected chi connectivity index (χ0v) is 74.2. The van der Waals surface area contributed by atoms with Crippen molar-refractivity contribution in [1.29, 1.82) is 0 Å². The predicted octanol–water partition coefficient (Wildman–Crippen LogP) is 33.2. The minimum Gasteiger partial charge on any atom is -0.454 e. The van der Waals surface area contributed by atoms with Gasteiger partial charge in [-0.3, -0.25) is 0 Å². The van der Waals surface area contributed by atoms with Crippen molar-refractivity contribution in [3.05, 3.63) is 467 Å². The molecule has 9 heterocycles. The van der Waals surface area contributed by atoms with Gasteiger partial charge in [-0.2, -0.15) is 0 Å². The van der Waals surface area contributed by atoms with Gasteiger partial charge in [0.05, 0.1) is 50.2 Å². The Morgan fingerprint density at radius 1 is 0.159 bits per heavy atom. The summed E-state index contributed by atoms with van der Waals surface area (Å²) in [6.45, 7) is 0. The molecule has 0 amide bonds. The number of rotatable bonds is 11. The van der Waals surface area contributed by atoms with Gasteiger partial charge in [-0.05, 0) is 168 Å². The molecule has 138 heavy (non-hydrogen) atoms. The van der Waals surface area contributed by atoms with E-state index in [0.29, 0.717) is 17.5 Å². The molecule has 12 heteroatoms. The molecule has 0 aliphatic heterocycles. The second kappa shape index (κ2) is 32.6. The van der Waals surface area contributed by atoms with E-state index >= 15 is 0 Å². The monoisotopic (exact) mass is 1760 g/mol. The van der Waals surface area contributed by atoms with Crippen LogP contribution in [0, 0.1) is 0 Å². The van der Waals surface area contributed by atoms with E-state index in [4.69, 9.17) is 43.2 Å². The van der Waals surface area contributed by atoms with Gasteiger partial charge in [0.1, 0.15) is 33.3 Å². The van der Waals surface area contributed by atoms with Crippen molar-refractivity contribution < 1.29 is 13.3 Å². The summed E-state index contributed by atoms with van der Waals surface area (Å²) >= 11 is 0. The van der Waals surface area contributed by atoms with Crippen LogP contribution in [0.4, 0.5) is 0 Å². The SMILES string of the molecule is c1ccc(-c2nc(-c3cccc(-c4ccc5c(c4)c4ccccc4n5-c4ccccc4)c3)nc3c2ccc2c4ccccc4oc23)cc1.c1ccc(-c2nc(-c3cccc(-c4cccc5c4c4ccccc4n5-c4ccccc4)c3)nc3c2ccc2c4ccccc4oc23)cc1.c1ccc(-c2nc(-c3cccc(-n4c5ccccc5c5ccccc54)c3)nc3c2ccc2c4ccccc4oc23)cc1. The van der Waals surface area contributed by atoms with Crippen LogP contribution in [0.3, 0.4) is 0 Å². The third kappa shape index (κ3) is 13.2. The number of para-hydroxylation sites is 9. The molecular formula is C126H77N9O3. The molecule has 0 aliphatic rings. The van der Waals surface area contributed by atoms with Gasteiger partial charge in [-0.15, -0.1) is 0 Å². The Hall–Kier alpha value is -18.8. The van der Waals surface area contributed by atoms with E-state index < -0.39 is 0 Å². The number of hydrogen-bond acceptors (Lipinski definition) is 9. The molecule has 0 atom stereocenters. The number of fused-ring (bicyclic) bond motifs is 24. The van der Waals surface area contributed by atoms with E-state index in [0.717, 1.165) is 183 Å². The lowest BCUT2D eigenvalue weighted by Gasteiger charge is -2.12. The van der Waals surface area contributed by atoms with Gasteiger partial charge in [0.15, 0.2) is 34.2 Å². The molecular weight excluding hydrogens is 1690 g/mol. The fourth-order valence-electron chi connectivity index (χ4n) is 20.7. The van der Waals surface area contributed by atoms with Crippen LogP contribution in [-0.4, -0.2) is 43.6 Å². The predicted molar refractivity (Wildman–Crippen MR) is 567 cm³/mol. The van der Waals surface area contributed by atoms with E-state index in [1.165, 1.54) is 71.0 Å². The van der Waals surface area contributed by atoms with Crippen LogP contribution in [0.1, 0.15) is 0 Å². The number of benzene rings is 20. The van der Waals surface area contributed by atoms with E-state index in [1.54, 1.807) is 0 Å². The van der Waals surface area contributed by atoms with Crippen LogP contribution >= 0.6 is 0 Å². The van der Waals surface area contributed by atoms with Crippen molar-refractivity contribution in [2.24, 2.45) is 0 Å². The molecule has 9 aromatic heterocycles. The smallest absolute Gasteiger partial charge is 0.161 e. The molecule has 0 saturated carbocycles. The lowest BCUT2D eigenvalue weighted by atomic mass is 9.97. The Bertz CT molecular complexity index is 9880. The molecule has 644 valence electrons. The van der Waals surface area contributed by atoms with Gasteiger partial charge in [-0.25, -0.2) is 29.9 Å². The van der Waals surface area contributed by atoms with Crippen LogP contribution < -0.4 is 0 Å². The lowest BCUT2D eigenvalue weighted by Crippen LogP contribution is -1.98. The molecule has 0 spiro atoms. The molecule has 29 rings (SSSR count). The van der Waals surface area contributed by atoms with Gasteiger partial charge in [-0.1, -0.05) is 322 Å². The summed E-state index contributed by atoms with van der Waals surface area (Å²) in [7, 11) is 0. The van der Waals surface area contributed by atoms with Gasteiger partial charge in [0.25, 0.3) is 0 Å². The Morgan fingerprint density at radius 2 is 0.449 bits per heavy atom. The molecule has 0 N–H and O–H groups in total. The zero-order chi connectivity index (χ0) is 90.8. The molecule has 0 unspecified atom stereocenters. The lowest BCUT2D eigenvalue weighted by molar-refractivity contribution is 0.671. The summed E-state index contributed by atoms with van der Waals surface area (Å²) < 4.78 is 26.4. The van der Waals surface area contributed by atoms with Crippen molar-refractivity contribution in [3.8, 4) is 107 Å². The Balaban J connectivity index is 0.000000105. The third-order valence-electron chi connectivity index (χ3n) is 27.0. The highest BCUT2D eigenvalue weighted by molar-refractivity contribution is 6.21. The van der Waals surface area contributed by atoms with Crippen LogP contribution in [0.2, 0.25) is 0 Å². The molecule has 0 fully saturated rings. The Kier molecular flexibility index (Phi) is 18.7. The summed E-state index contributed by atoms with van der Waals surface area (Å²) in [4.78, 5) is 31.3. The maximum atomic E-state index is 6.48. The first-order chi connectivity index (χ1) is 68.4. The molecule has 29 aromatic rings. The minimum absolute atomic E-state index is 0.662. The number of furan rings is 3. The van der Waals surface area contributed by atoms with Crippen LogP contribution in [0.25, 0.3) is 271 Å². The highest BCUT2D eigenvalue weighted by Gasteiger charge is 2.26. The summed E-state index contributed by atoms with van der Waals surface area (Å²) in [6.07, 6.45) is 0. The molecule has 0 aliphatic carbocycles. The number of hydrogen-bond donors (Lipinski definition) is 0. The Labute approximate surface area is 789 Å². The second-order valence-corrected chi connectivity index (χ2v) is 35.0. The van der Waals surface area contributed by atoms with Crippen molar-refractivity contribution >= 4 is 164 Å². The molecule has 20 aromatic carbocycles. The largest absolute Gasteiger partial charge is 0.454 e. The standard InChI is InChI=1S/2C44H27N3O.C38H23N3O/c1-3-13-28(14-4-1)41-36-26-25-34-33-19-8-10-24-39(33)48-43(34)42(36)46-44(45-41)30-16-11-15-29(27-30)32-21-12-23-38-40(32)35-20-7-9-22-37(35)47(38)31-17-5-2-6-18-31;1-3-12-28(13-4-1)41-36-24-23-35-34-19-8-10-21-40(34)48-43(35)42(36)46-44(45-41)31-15-11-14-29(26-31)30-22-25-39-37(27-30)33-18-7-9-20-38(33)47(39)32-16-5-2-6-17-32;1-2-11-24(12-3-1)35-31-22-21-30-29-17-6-9-20-34(29)42-37(30)36(31)40-38(39-35)25-13-10-14-26(23-25)41-32-18-7-4-15-27(32)28-16-5-8-19-33(28)41/h2*1-27H;1-23H. The van der Waals surface area contributed by atoms with Crippen LogP contribution in [0.5, 0.6) is 0 Å². The summed E-state index contributed by atoms with van der Waals surface area (Å²) in [5.41, 5.74) is 30.9. The topological polar surface area (TPSA) is 132 Å². The highest BCUT2D eigenvalue weighted by atomic mass is 16.3. The van der Waals surface area contributed by atoms with Crippen molar-refractivity contribution in [2.45, 2.75) is 0 Å². The van der Waals surface area contributed by atoms with E-state index in [9.17, 15) is 0 Å². The summed E-state index contributed by atoms with van der Waals surface area (Å²) in [5, 5.41) is 16.7. The first kappa shape index (κ1) is 79.0. The maximum Gasteiger partial charge on any atom is 0.161 e. The average molecular weight is 1770 g/mol. The first-order valence-corrected chi connectivity index (χ1v) is 46.4. The Morgan fingerprint density at radius 3 is 0.899 bits per heavy atom. The van der Waals surface area contributed by atoms with Crippen molar-refractivity contribution in [1.82, 2.24) is 43.6 Å². The van der Waals surface area contributed by atoms with Gasteiger partial charge in [0, 0.05) is 131 Å². The highest BCUT2D eigenvalue weighted by Crippen LogP contribution is 2.47. The van der Waals surface area contributed by atoms with E-state index in [1.807, 2.05) is 97.1 Å². The first-order valence-electron chi connectivity index (χ1n) is 46.4. The fourth-order valence-corrected chi connectivity index (χ4v) is 20.7. The summed E-state index contributed by atoms with van der Waals surface area (Å²) in [5.74, 6) is 1.99. The average Bonchev–Trinajstić information content (AvgIpc) is 1.56. The fraction of sp³-hybridized carbons (Fsp3) is 0. The van der Waals surface area contributed by atoms with Gasteiger partial charge >= 0.3 is 0 Å². The van der Waals surface area contributed by atoms with Crippen molar-refractivity contribution in [2.75, 3.05) is 0 Å². The van der Waals surface area contributed by atoms with Crippen LogP contribution in [0.15, 0.2) is 480 Å². The molecule has 0 saturated heterocycles. The second-order valence-electron chi connectivity index (χ2n) is 35.0. The van der Waals surface area contributed by atoms with Crippen LogP contribution in [-0.2, 0) is 0 Å². The van der Waals surface area contributed by atoms with Crippen molar-refractivity contribution in [3.63, 3.8) is 0 Å². The summed E-state index contributed by atoms with van der Waals surface area (Å²) in [6, 6.07) is 163. The molecule has 12 nitrogen and oxygen atoms in total. The maximum absolute atomic E-state index is 6.48. The third-order valence-corrected chi connectivity index (χ3v) is 27.0. The van der Waals surface area contributed by atoms with Gasteiger partial charge < -0.3 is 27.0 Å². The normalized spacial score (nSPS) is 11.8. The molecule has 0 radical (unpaired) electrons. The van der Waals surface area contributed by atoms with E-state index in [-0.39, 0.29) is 0 Å².